The van der Waals surface area contributed by atoms with Gasteiger partial charge in [-0.15, -0.1) is 0 Å². The topological polar surface area (TPSA) is 108 Å². The Morgan fingerprint density at radius 2 is 0.885 bits per heavy atom. The van der Waals surface area contributed by atoms with E-state index in [1.54, 1.807) is 0 Å². The highest BCUT2D eigenvalue weighted by Gasteiger charge is 2.27. The Bertz CT molecular complexity index is 1130. The Morgan fingerprint density at radius 1 is 0.508 bits per heavy atom. The van der Waals surface area contributed by atoms with Crippen molar-refractivity contribution in [1.29, 1.82) is 0 Å². The maximum atomic E-state index is 12.7. The molecule has 0 rings (SSSR count). The first-order chi connectivity index (χ1) is 29.5. The van der Waals surface area contributed by atoms with E-state index in [-0.39, 0.29) is 25.6 Å². The summed E-state index contributed by atoms with van der Waals surface area (Å²) in [6.45, 7) is 4.41. The summed E-state index contributed by atoms with van der Waals surface area (Å²) in [6.07, 6.45) is 50.6. The number of carbonyl (C=O) groups excluding carboxylic acids is 2. The molecule has 2 atom stereocenters. The zero-order valence-electron chi connectivity index (χ0n) is 40.4. The normalized spacial score (nSPS) is 13.7. The van der Waals surface area contributed by atoms with Crippen molar-refractivity contribution in [2.24, 2.45) is 0 Å². The maximum absolute atomic E-state index is 12.7. The van der Waals surface area contributed by atoms with Crippen molar-refractivity contribution in [3.63, 3.8) is 0 Å². The van der Waals surface area contributed by atoms with Crippen LogP contribution in [-0.2, 0) is 32.7 Å². The van der Waals surface area contributed by atoms with E-state index in [0.717, 1.165) is 51.4 Å². The highest BCUT2D eigenvalue weighted by molar-refractivity contribution is 7.47. The van der Waals surface area contributed by atoms with Crippen molar-refractivity contribution in [1.82, 2.24) is 0 Å². The minimum Gasteiger partial charge on any atom is -0.462 e. The van der Waals surface area contributed by atoms with Gasteiger partial charge in [-0.05, 0) is 51.4 Å². The summed E-state index contributed by atoms with van der Waals surface area (Å²) in [4.78, 5) is 35.4. The van der Waals surface area contributed by atoms with Crippen molar-refractivity contribution in [2.75, 3.05) is 47.5 Å². The molecule has 1 N–H and O–H groups in total. The monoisotopic (exact) mass is 883 g/mol. The molecule has 0 heterocycles. The Balaban J connectivity index is 4.12. The second kappa shape index (κ2) is 43.5. The molecule has 0 bridgehead atoms. The third-order valence-electron chi connectivity index (χ3n) is 10.9. The van der Waals surface area contributed by atoms with Crippen LogP contribution in [0.5, 0.6) is 0 Å². The predicted molar refractivity (Wildman–Crippen MR) is 257 cm³/mol. The van der Waals surface area contributed by atoms with E-state index in [1.807, 2.05) is 21.1 Å². The second-order valence-electron chi connectivity index (χ2n) is 18.2. The number of ether oxygens (including phenoxy) is 2. The van der Waals surface area contributed by atoms with Gasteiger partial charge in [-0.25, -0.2) is 4.57 Å². The Hall–Kier alpha value is -1.77. The Kier molecular flexibility index (Phi) is 42.2. The van der Waals surface area contributed by atoms with Gasteiger partial charge in [-0.1, -0.05) is 198 Å². The number of nitrogens with zero attached hydrogens (tertiary/aromatic N) is 1. The molecule has 0 aliphatic rings. The van der Waals surface area contributed by atoms with Gasteiger partial charge in [0.05, 0.1) is 27.7 Å². The lowest BCUT2D eigenvalue weighted by atomic mass is 10.0. The molecule has 0 aromatic carbocycles. The fourth-order valence-electron chi connectivity index (χ4n) is 6.96. The van der Waals surface area contributed by atoms with Crippen LogP contribution in [0.15, 0.2) is 36.5 Å². The van der Waals surface area contributed by atoms with Crippen molar-refractivity contribution >= 4 is 19.8 Å². The fourth-order valence-corrected chi connectivity index (χ4v) is 7.70. The van der Waals surface area contributed by atoms with E-state index in [0.29, 0.717) is 23.9 Å². The average molecular weight is 883 g/mol. The molecule has 0 saturated carbocycles. The van der Waals surface area contributed by atoms with Gasteiger partial charge in [0, 0.05) is 12.8 Å². The molecule has 0 fully saturated rings. The van der Waals surface area contributed by atoms with Gasteiger partial charge in [0.2, 0.25) is 0 Å². The number of phosphoric acid groups is 1. The molecule has 2 unspecified atom stereocenters. The van der Waals surface area contributed by atoms with Gasteiger partial charge in [0.25, 0.3) is 0 Å². The van der Waals surface area contributed by atoms with E-state index in [1.165, 1.54) is 141 Å². The summed E-state index contributed by atoms with van der Waals surface area (Å²) in [5.41, 5.74) is 0. The van der Waals surface area contributed by atoms with Gasteiger partial charge >= 0.3 is 19.8 Å². The summed E-state index contributed by atoms with van der Waals surface area (Å²) in [5.74, 6) is -0.796. The molecule has 10 heteroatoms. The molecule has 0 aromatic heterocycles. The molecule has 0 amide bonds. The van der Waals surface area contributed by atoms with Crippen LogP contribution in [0.4, 0.5) is 0 Å². The number of esters is 2. The number of likely N-dealkylation sites (N-methyl/N-ethyl adjacent to an activating group) is 1. The quantitative estimate of drug-likeness (QED) is 0.0212. The first kappa shape index (κ1) is 59.2. The molecule has 0 saturated heterocycles. The van der Waals surface area contributed by atoms with Crippen molar-refractivity contribution in [3.8, 4) is 0 Å². The summed E-state index contributed by atoms with van der Waals surface area (Å²) in [7, 11) is 1.48. The average Bonchev–Trinajstić information content (AvgIpc) is 3.21. The van der Waals surface area contributed by atoms with Crippen LogP contribution < -0.4 is 0 Å². The minimum absolute atomic E-state index is 0.0325. The van der Waals surface area contributed by atoms with Crippen molar-refractivity contribution < 1.29 is 42.1 Å². The maximum Gasteiger partial charge on any atom is 0.472 e. The summed E-state index contributed by atoms with van der Waals surface area (Å²) < 4.78 is 34.4. The predicted octanol–water partition coefficient (Wildman–Crippen LogP) is 14.9. The molecule has 61 heavy (non-hydrogen) atoms. The van der Waals surface area contributed by atoms with Crippen molar-refractivity contribution in [2.45, 2.75) is 232 Å². The lowest BCUT2D eigenvalue weighted by Gasteiger charge is -2.24. The number of phosphoric ester groups is 1. The molecular weight excluding hydrogens is 786 g/mol. The Labute approximate surface area is 376 Å². The highest BCUT2D eigenvalue weighted by Crippen LogP contribution is 2.43. The standard InChI is InChI=1S/C51H96NO8P/c1-6-8-10-12-14-16-18-19-20-21-22-23-24-25-26-27-28-29-30-31-32-33-34-36-38-40-42-44-51(54)60-49(48-59-61(55,56)58-46-45-52(3,4)5)47-57-50(53)43-41-39-37-35-17-15-13-11-9-7-2/h18-19,21-22,24-25,49H,6-17,20,23,26-48H2,1-5H3/p+1/b19-18-,22-21-,25-24-. The number of hydrogen-bond acceptors (Lipinski definition) is 7. The van der Waals surface area contributed by atoms with Gasteiger partial charge in [0.1, 0.15) is 19.8 Å². The van der Waals surface area contributed by atoms with Crippen LogP contribution in [0.2, 0.25) is 0 Å². The number of carbonyl (C=O) groups is 2. The van der Waals surface area contributed by atoms with Crippen LogP contribution in [0.3, 0.4) is 0 Å². The van der Waals surface area contributed by atoms with Gasteiger partial charge < -0.3 is 18.9 Å². The highest BCUT2D eigenvalue weighted by atomic mass is 31.2. The first-order valence-corrected chi connectivity index (χ1v) is 26.7. The zero-order chi connectivity index (χ0) is 45.0. The second-order valence-corrected chi connectivity index (χ2v) is 19.7. The lowest BCUT2D eigenvalue weighted by molar-refractivity contribution is -0.870. The number of rotatable bonds is 46. The molecule has 0 radical (unpaired) electrons. The molecule has 0 aromatic rings. The number of allylic oxidation sites excluding steroid dienone is 6. The van der Waals surface area contributed by atoms with Crippen LogP contribution in [0.25, 0.3) is 0 Å². The first-order valence-electron chi connectivity index (χ1n) is 25.2. The molecule has 0 aliphatic carbocycles. The molecule has 9 nitrogen and oxygen atoms in total. The number of unbranched alkanes of at least 4 members (excludes halogenated alkanes) is 26. The molecular formula is C51H97NO8P+. The zero-order valence-corrected chi connectivity index (χ0v) is 41.3. The van der Waals surface area contributed by atoms with E-state index in [9.17, 15) is 19.0 Å². The van der Waals surface area contributed by atoms with Crippen LogP contribution in [-0.4, -0.2) is 74.9 Å². The molecule has 0 spiro atoms. The molecule has 358 valence electrons. The summed E-state index contributed by atoms with van der Waals surface area (Å²) in [5, 5.41) is 0. The van der Waals surface area contributed by atoms with E-state index >= 15 is 0 Å². The van der Waals surface area contributed by atoms with Crippen LogP contribution >= 0.6 is 7.82 Å². The lowest BCUT2D eigenvalue weighted by Crippen LogP contribution is -2.37. The third kappa shape index (κ3) is 47.5. The largest absolute Gasteiger partial charge is 0.472 e. The SMILES string of the molecule is CCCCCCC/C=C\C/C=C\C/C=C\CCCCCCCCCCCCCCC(=O)OC(COC(=O)CCCCCCCCCCCC)COP(=O)(O)OCC[N+](C)(C)C. The Morgan fingerprint density at radius 3 is 1.31 bits per heavy atom. The summed E-state index contributed by atoms with van der Waals surface area (Å²) in [6, 6.07) is 0. The van der Waals surface area contributed by atoms with E-state index in [4.69, 9.17) is 18.5 Å². The van der Waals surface area contributed by atoms with Crippen LogP contribution in [0.1, 0.15) is 226 Å². The van der Waals surface area contributed by atoms with Gasteiger partial charge in [-0.3, -0.25) is 18.6 Å². The van der Waals surface area contributed by atoms with Gasteiger partial charge in [-0.2, -0.15) is 0 Å². The fraction of sp³-hybridized carbons (Fsp3) is 0.843. The van der Waals surface area contributed by atoms with E-state index < -0.39 is 26.5 Å². The summed E-state index contributed by atoms with van der Waals surface area (Å²) >= 11 is 0. The smallest absolute Gasteiger partial charge is 0.462 e. The van der Waals surface area contributed by atoms with E-state index in [2.05, 4.69) is 50.3 Å². The van der Waals surface area contributed by atoms with Gasteiger partial charge in [0.15, 0.2) is 6.10 Å². The minimum atomic E-state index is -4.37. The molecule has 0 aliphatic heterocycles. The van der Waals surface area contributed by atoms with Crippen LogP contribution in [0, 0.1) is 0 Å². The number of hydrogen-bond donors (Lipinski definition) is 1. The van der Waals surface area contributed by atoms with Crippen molar-refractivity contribution in [3.05, 3.63) is 36.5 Å². The number of quaternary nitrogens is 1. The third-order valence-corrected chi connectivity index (χ3v) is 11.9.